The molecule has 0 aromatic rings. The van der Waals surface area contributed by atoms with E-state index in [-0.39, 0.29) is 101 Å². The van der Waals surface area contributed by atoms with Crippen molar-refractivity contribution in [2.75, 3.05) is 134 Å². The first-order valence-electron chi connectivity index (χ1n) is 32.2. The van der Waals surface area contributed by atoms with Gasteiger partial charge in [0.2, 0.25) is 47.3 Å². The minimum atomic E-state index is -0.557. The fraction of sp³-hybridized carbons (Fsp3) is 0.368. The van der Waals surface area contributed by atoms with Crippen LogP contribution in [0.3, 0.4) is 0 Å². The van der Waals surface area contributed by atoms with Gasteiger partial charge in [-0.25, -0.2) is 38.4 Å². The third kappa shape index (κ3) is 64.2. The third-order valence-corrected chi connectivity index (χ3v) is 11.8. The van der Waals surface area contributed by atoms with Crippen LogP contribution >= 0.6 is 0 Å². The normalized spacial score (nSPS) is 8.85. The Morgan fingerprint density at radius 1 is 0.241 bits per heavy atom. The fourth-order valence-corrected chi connectivity index (χ4v) is 5.34. The summed E-state index contributed by atoms with van der Waals surface area (Å²) in [7, 11) is 6.22. The van der Waals surface area contributed by atoms with E-state index in [2.05, 4.69) is 119 Å². The van der Waals surface area contributed by atoms with Crippen LogP contribution in [0, 0.1) is 0 Å². The van der Waals surface area contributed by atoms with E-state index in [1.54, 1.807) is 53.6 Å². The van der Waals surface area contributed by atoms with Crippen LogP contribution in [0.4, 0.5) is 0 Å². The van der Waals surface area contributed by atoms with Gasteiger partial charge in [0, 0.05) is 101 Å². The molecule has 0 radical (unpaired) electrons. The second-order valence-corrected chi connectivity index (χ2v) is 20.3. The number of carbonyl (C=O) groups excluding carboxylic acids is 16. The van der Waals surface area contributed by atoms with Crippen molar-refractivity contribution in [3.05, 3.63) is 200 Å². The Morgan fingerprint density at radius 2 is 0.435 bits per heavy atom. The summed E-state index contributed by atoms with van der Waals surface area (Å²) in [4.78, 5) is 185. The summed E-state index contributed by atoms with van der Waals surface area (Å²) in [5.74, 6) is -5.80. The summed E-state index contributed by atoms with van der Waals surface area (Å²) >= 11 is 0. The number of carbonyl (C=O) groups is 16. The molecule has 0 spiro atoms. The lowest BCUT2D eigenvalue weighted by atomic mass is 10.4. The van der Waals surface area contributed by atoms with Crippen molar-refractivity contribution in [1.82, 2.24) is 39.2 Å². The highest BCUT2D eigenvalue weighted by Gasteiger charge is 2.15. The van der Waals surface area contributed by atoms with Crippen LogP contribution in [-0.2, 0) is 115 Å². The van der Waals surface area contributed by atoms with E-state index in [0.717, 1.165) is 36.5 Å². The Labute approximate surface area is 636 Å². The number of hydrogen-bond acceptors (Lipinski definition) is 24. The van der Waals surface area contributed by atoms with Crippen LogP contribution in [0.2, 0.25) is 0 Å². The lowest BCUT2D eigenvalue weighted by molar-refractivity contribution is -0.148. The monoisotopic (exact) mass is 1520 g/mol. The van der Waals surface area contributed by atoms with Gasteiger partial charge in [0.05, 0.1) is 26.2 Å². The van der Waals surface area contributed by atoms with Gasteiger partial charge in [0.15, 0.2) is 26.9 Å². The molecule has 0 bridgehead atoms. The van der Waals surface area contributed by atoms with E-state index in [0.29, 0.717) is 74.7 Å². The van der Waals surface area contributed by atoms with Gasteiger partial charge in [0.1, 0.15) is 26.4 Å². The molecule has 0 fully saturated rings. The maximum atomic E-state index is 11.2. The van der Waals surface area contributed by atoms with Gasteiger partial charge < -0.3 is 77.1 Å². The van der Waals surface area contributed by atoms with Gasteiger partial charge in [-0.3, -0.25) is 38.4 Å². The summed E-state index contributed by atoms with van der Waals surface area (Å²) in [6, 6.07) is 0. The maximum Gasteiger partial charge on any atom is 0.334 e. The molecule has 0 aliphatic heterocycles. The smallest absolute Gasteiger partial charge is 0.334 e. The van der Waals surface area contributed by atoms with Crippen molar-refractivity contribution < 1.29 is 115 Å². The number of nitrogens with zero attached hydrogens (tertiary/aromatic N) is 8. The maximum absolute atomic E-state index is 11.2. The molecule has 0 aromatic heterocycles. The Hall–Kier alpha value is -12.6. The van der Waals surface area contributed by atoms with E-state index in [4.69, 9.17) is 23.7 Å². The summed E-state index contributed by atoms with van der Waals surface area (Å²) in [6.07, 6.45) is 13.8. The van der Waals surface area contributed by atoms with Gasteiger partial charge in [-0.05, 0) is 104 Å². The average Bonchev–Trinajstić information content (AvgIpc) is 0.997. The second-order valence-electron chi connectivity index (χ2n) is 20.3. The molecule has 0 saturated heterocycles. The van der Waals surface area contributed by atoms with Crippen molar-refractivity contribution in [2.24, 2.45) is 0 Å². The van der Waals surface area contributed by atoms with Crippen LogP contribution < -0.4 is 0 Å². The minimum Gasteiger partial charge on any atom is -0.461 e. The van der Waals surface area contributed by atoms with Crippen molar-refractivity contribution in [3.63, 3.8) is 0 Å². The lowest BCUT2D eigenvalue weighted by Gasteiger charge is -2.18. The van der Waals surface area contributed by atoms with E-state index in [1.807, 2.05) is 13.8 Å². The van der Waals surface area contributed by atoms with Crippen LogP contribution in [0.5, 0.6) is 0 Å². The lowest BCUT2D eigenvalue weighted by Crippen LogP contribution is -2.32. The summed E-state index contributed by atoms with van der Waals surface area (Å²) in [6.45, 7) is 70.7. The topological polar surface area (TPSA) is 373 Å². The van der Waals surface area contributed by atoms with E-state index in [9.17, 15) is 76.7 Å². The number of hydrogen-bond donors (Lipinski definition) is 0. The van der Waals surface area contributed by atoms with E-state index in [1.165, 1.54) is 91.8 Å². The van der Waals surface area contributed by atoms with Gasteiger partial charge >= 0.3 is 47.8 Å². The van der Waals surface area contributed by atoms with Crippen LogP contribution in [0.25, 0.3) is 0 Å². The average molecular weight is 1520 g/mol. The van der Waals surface area contributed by atoms with Gasteiger partial charge in [-0.2, -0.15) is 0 Å². The summed E-state index contributed by atoms with van der Waals surface area (Å²) < 4.78 is 37.8. The Balaban J connectivity index is -0.000000176. The van der Waals surface area contributed by atoms with Crippen molar-refractivity contribution >= 4 is 95.0 Å². The zero-order valence-electron chi connectivity index (χ0n) is 64.9. The standard InChI is InChI=1S/C11H17NO3.3C10H15NO3.3C9H13NO3.C8H11NO3/c1-5-10(13)12(6-2)7-8-15-11(14)9(3)4;1-5-9(12)11(4)6-7-14-10(13)8(2)3;1-5-9(12)11(6-2)7-14-10(13)8(3)4;1-4-9(12)11(6-3)7-8-14-10(13)5-2;1-5-8(11)10(4)6-13-9(12)7(2)3;1-4-8(11)10(3)6-7-13-9(12)5-2;1-4-8(11)10(6-3)7-13-9(12)5-2;1-4-7(10)9(3)6-12-8(11)5-2/h5H,1,3,6-8H2,2,4H3;5H,1-2,6-7H2,3-4H3;5H,1,3,6-7H2,2,4H3;4-5H,1-2,6-8H2,3H3;5H,1-2,6H2,3-4H3;2*4-5H,1-2,6-7H2,3H3;4-5H,1-2,6H2,3H3. The number of rotatable bonds is 40. The highest BCUT2D eigenvalue weighted by atomic mass is 16.6. The molecule has 0 atom stereocenters. The quantitative estimate of drug-likeness (QED) is 0.0301. The second kappa shape index (κ2) is 71.4. The van der Waals surface area contributed by atoms with Crippen LogP contribution in [0.1, 0.15) is 55.4 Å². The summed E-state index contributed by atoms with van der Waals surface area (Å²) in [5.41, 5.74) is 1.32. The molecule has 0 aromatic carbocycles. The molecule has 0 rings (SSSR count). The first-order chi connectivity index (χ1) is 50.5. The van der Waals surface area contributed by atoms with E-state index >= 15 is 0 Å². The molecule has 0 unspecified atom stereocenters. The zero-order chi connectivity index (χ0) is 85.6. The molecule has 8 amide bonds. The minimum absolute atomic E-state index is 0.0625. The van der Waals surface area contributed by atoms with Crippen molar-refractivity contribution in [3.8, 4) is 0 Å². The van der Waals surface area contributed by atoms with E-state index < -0.39 is 47.8 Å². The molecule has 32 heteroatoms. The van der Waals surface area contributed by atoms with Crippen molar-refractivity contribution in [1.29, 1.82) is 0 Å². The van der Waals surface area contributed by atoms with Gasteiger partial charge in [0.25, 0.3) is 0 Å². The molecule has 600 valence electrons. The molecule has 0 aliphatic rings. The molecule has 0 saturated carbocycles. The largest absolute Gasteiger partial charge is 0.461 e. The molecule has 32 nitrogen and oxygen atoms in total. The Morgan fingerprint density at radius 3 is 0.694 bits per heavy atom. The van der Waals surface area contributed by atoms with Gasteiger partial charge in [-0.1, -0.05) is 105 Å². The molecule has 108 heavy (non-hydrogen) atoms. The van der Waals surface area contributed by atoms with Crippen LogP contribution in [-0.4, -0.2) is 268 Å². The Bertz CT molecular complexity index is 3140. The van der Waals surface area contributed by atoms with Crippen LogP contribution in [0.15, 0.2) is 200 Å². The Kier molecular flexibility index (Phi) is 73.5. The first kappa shape index (κ1) is 111. The molecular formula is C76H112N8O24. The number of amides is 8. The number of likely N-dealkylation sites (N-methyl/N-ethyl adjacent to an activating group) is 8. The SMILES string of the molecule is C=CC(=O)N(C)CCOC(=O)C(=C)C.C=CC(=O)N(C)COC(=O)C(=C)C.C=CC(=O)N(CC)CCOC(=O)C(=C)C.C=CC(=O)N(CC)COC(=O)C(=C)C.C=CC(=O)OCCN(C)C(=O)C=C.C=CC(=O)OCCN(CC)C(=O)C=C.C=CC(=O)OCN(C)C(=O)C=C.C=CC(=O)OCN(CC)C(=O)C=C. The molecular weight excluding hydrogens is 1410 g/mol. The third-order valence-electron chi connectivity index (χ3n) is 11.8. The molecule has 0 aliphatic carbocycles. The predicted molar refractivity (Wildman–Crippen MR) is 409 cm³/mol. The molecule has 0 N–H and O–H groups in total. The summed E-state index contributed by atoms with van der Waals surface area (Å²) in [5, 5.41) is 0. The molecule has 0 heterocycles. The highest BCUT2D eigenvalue weighted by Crippen LogP contribution is 2.00. The predicted octanol–water partition coefficient (Wildman–Crippen LogP) is 5.83. The number of esters is 8. The highest BCUT2D eigenvalue weighted by molar-refractivity contribution is 5.92. The number of ether oxygens (including phenoxy) is 8. The van der Waals surface area contributed by atoms with Crippen molar-refractivity contribution in [2.45, 2.75) is 55.4 Å². The first-order valence-corrected chi connectivity index (χ1v) is 32.2. The fourth-order valence-electron chi connectivity index (χ4n) is 5.34. The van der Waals surface area contributed by atoms with Gasteiger partial charge in [-0.15, -0.1) is 0 Å². The zero-order valence-corrected chi connectivity index (χ0v) is 64.9.